The lowest BCUT2D eigenvalue weighted by Gasteiger charge is -2.34. The van der Waals surface area contributed by atoms with E-state index in [1.54, 1.807) is 18.9 Å². The number of halogens is 1. The molecule has 0 amide bonds. The van der Waals surface area contributed by atoms with Crippen LogP contribution < -0.4 is 5.06 Å². The van der Waals surface area contributed by atoms with Crippen molar-refractivity contribution >= 4 is 33.6 Å². The van der Waals surface area contributed by atoms with Crippen LogP contribution in [0, 0.1) is 5.41 Å². The first kappa shape index (κ1) is 24.0. The van der Waals surface area contributed by atoms with Gasteiger partial charge in [-0.15, -0.1) is 0 Å². The number of ether oxygens (including phenoxy) is 2. The van der Waals surface area contributed by atoms with E-state index in [4.69, 9.17) is 14.3 Å². The maximum absolute atomic E-state index is 13.9. The van der Waals surface area contributed by atoms with Crippen molar-refractivity contribution in [3.05, 3.63) is 101 Å². The van der Waals surface area contributed by atoms with Crippen LogP contribution >= 0.6 is 15.9 Å². The molecule has 176 valence electrons. The molecular weight excluding hydrogens is 498 g/mol. The molecule has 3 aromatic carbocycles. The molecule has 6 nitrogen and oxygen atoms in total. The predicted octanol–water partition coefficient (Wildman–Crippen LogP) is 5.80. The summed E-state index contributed by atoms with van der Waals surface area (Å²) in [5.41, 5.74) is 0.279. The van der Waals surface area contributed by atoms with Crippen LogP contribution in [-0.2, 0) is 23.9 Å². The first-order chi connectivity index (χ1) is 16.5. The van der Waals surface area contributed by atoms with Gasteiger partial charge in [-0.2, -0.15) is 0 Å². The van der Waals surface area contributed by atoms with Crippen LogP contribution in [0.15, 0.2) is 89.4 Å². The fourth-order valence-electron chi connectivity index (χ4n) is 4.39. The molecule has 0 saturated carbocycles. The molecule has 0 bridgehead atoms. The van der Waals surface area contributed by atoms with E-state index in [2.05, 4.69) is 15.9 Å². The highest BCUT2D eigenvalue weighted by atomic mass is 79.9. The third-order valence-electron chi connectivity index (χ3n) is 5.82. The predicted molar refractivity (Wildman–Crippen MR) is 132 cm³/mol. The van der Waals surface area contributed by atoms with Gasteiger partial charge in [-0.3, -0.25) is 14.4 Å². The van der Waals surface area contributed by atoms with Crippen LogP contribution in [0.3, 0.4) is 0 Å². The van der Waals surface area contributed by atoms with Gasteiger partial charge in [0, 0.05) is 4.47 Å². The summed E-state index contributed by atoms with van der Waals surface area (Å²) in [6, 6.07) is 25.3. The fraction of sp³-hybridized carbons (Fsp3) is 0.259. The van der Waals surface area contributed by atoms with Gasteiger partial charge in [-0.05, 0) is 49.2 Å². The Morgan fingerprint density at radius 3 is 1.88 bits per heavy atom. The standard InChI is InChI=1S/C27H26BrNO5/c1-3-32-25(30)27(26(31)33-4-2)23(19-11-7-5-8-12-19)29(22-13-9-6-10-14-22)34-24(27)20-15-17-21(28)18-16-20/h5-18,23-24H,3-4H2,1-2H3/t23-,24-/m0/s1. The summed E-state index contributed by atoms with van der Waals surface area (Å²) in [4.78, 5) is 34.2. The highest BCUT2D eigenvalue weighted by Crippen LogP contribution is 2.58. The Morgan fingerprint density at radius 2 is 1.35 bits per heavy atom. The summed E-state index contributed by atoms with van der Waals surface area (Å²) in [6.07, 6.45) is -0.982. The molecule has 1 saturated heterocycles. The minimum absolute atomic E-state index is 0.111. The largest absolute Gasteiger partial charge is 0.465 e. The Bertz CT molecular complexity index is 1100. The molecule has 0 aliphatic carbocycles. The van der Waals surface area contributed by atoms with Crippen molar-refractivity contribution in [2.45, 2.75) is 26.0 Å². The van der Waals surface area contributed by atoms with E-state index in [9.17, 15) is 9.59 Å². The second-order valence-corrected chi connectivity index (χ2v) is 8.74. The van der Waals surface area contributed by atoms with E-state index in [0.29, 0.717) is 11.3 Å². The molecule has 0 aromatic heterocycles. The molecule has 0 unspecified atom stereocenters. The third kappa shape index (κ3) is 4.21. The quantitative estimate of drug-likeness (QED) is 0.288. The maximum atomic E-state index is 13.9. The summed E-state index contributed by atoms with van der Waals surface area (Å²) < 4.78 is 12.0. The van der Waals surface area contributed by atoms with Gasteiger partial charge in [0.05, 0.1) is 18.9 Å². The minimum Gasteiger partial charge on any atom is -0.465 e. The summed E-state index contributed by atoms with van der Waals surface area (Å²) in [5, 5.41) is 1.63. The van der Waals surface area contributed by atoms with Gasteiger partial charge in [-0.25, -0.2) is 5.06 Å². The van der Waals surface area contributed by atoms with Gasteiger partial charge >= 0.3 is 11.9 Å². The number of rotatable bonds is 7. The van der Waals surface area contributed by atoms with E-state index in [-0.39, 0.29) is 13.2 Å². The third-order valence-corrected chi connectivity index (χ3v) is 6.35. The Balaban J connectivity index is 2.02. The van der Waals surface area contributed by atoms with E-state index in [0.717, 1.165) is 10.0 Å². The lowest BCUT2D eigenvalue weighted by Crippen LogP contribution is -2.49. The number of nitrogens with zero attached hydrogens (tertiary/aromatic N) is 1. The molecule has 3 aromatic rings. The van der Waals surface area contributed by atoms with E-state index in [1.165, 1.54) is 0 Å². The minimum atomic E-state index is -1.81. The normalized spacial score (nSPS) is 19.0. The molecular formula is C27H26BrNO5. The Labute approximate surface area is 207 Å². The van der Waals surface area contributed by atoms with Crippen molar-refractivity contribution in [3.63, 3.8) is 0 Å². The van der Waals surface area contributed by atoms with Crippen LogP contribution in [0.2, 0.25) is 0 Å². The molecule has 1 fully saturated rings. The highest BCUT2D eigenvalue weighted by molar-refractivity contribution is 9.10. The van der Waals surface area contributed by atoms with Crippen molar-refractivity contribution in [1.82, 2.24) is 0 Å². The van der Waals surface area contributed by atoms with Crippen LogP contribution in [0.5, 0.6) is 0 Å². The molecule has 0 radical (unpaired) electrons. The number of para-hydroxylation sites is 1. The number of hydrogen-bond acceptors (Lipinski definition) is 6. The lowest BCUT2D eigenvalue weighted by atomic mass is 9.71. The van der Waals surface area contributed by atoms with Crippen molar-refractivity contribution in [1.29, 1.82) is 0 Å². The molecule has 34 heavy (non-hydrogen) atoms. The topological polar surface area (TPSA) is 65.1 Å². The molecule has 4 rings (SSSR count). The van der Waals surface area contributed by atoms with E-state index >= 15 is 0 Å². The van der Waals surface area contributed by atoms with Gasteiger partial charge in [0.25, 0.3) is 0 Å². The second-order valence-electron chi connectivity index (χ2n) is 7.82. The smallest absolute Gasteiger partial charge is 0.329 e. The van der Waals surface area contributed by atoms with E-state index in [1.807, 2.05) is 84.9 Å². The van der Waals surface area contributed by atoms with Crippen molar-refractivity contribution in [3.8, 4) is 0 Å². The van der Waals surface area contributed by atoms with E-state index < -0.39 is 29.5 Å². The van der Waals surface area contributed by atoms with Gasteiger partial charge in [-0.1, -0.05) is 76.6 Å². The van der Waals surface area contributed by atoms with Gasteiger partial charge < -0.3 is 9.47 Å². The SMILES string of the molecule is CCOC(=O)C1(C(=O)OCC)[C@H](c2ccccc2)N(c2ccccc2)O[C@H]1c1ccc(Br)cc1. The number of carbonyl (C=O) groups is 2. The first-order valence-electron chi connectivity index (χ1n) is 11.2. The highest BCUT2D eigenvalue weighted by Gasteiger charge is 2.69. The lowest BCUT2D eigenvalue weighted by molar-refractivity contribution is -0.177. The molecule has 1 aliphatic heterocycles. The van der Waals surface area contributed by atoms with Gasteiger partial charge in [0.1, 0.15) is 12.1 Å². The summed E-state index contributed by atoms with van der Waals surface area (Å²) in [5.74, 6) is -1.37. The van der Waals surface area contributed by atoms with Gasteiger partial charge in [0.2, 0.25) is 5.41 Å². The maximum Gasteiger partial charge on any atom is 0.329 e. The van der Waals surface area contributed by atoms with Gasteiger partial charge in [0.15, 0.2) is 0 Å². The summed E-state index contributed by atoms with van der Waals surface area (Å²) >= 11 is 3.45. The van der Waals surface area contributed by atoms with Crippen LogP contribution in [0.25, 0.3) is 0 Å². The molecule has 1 heterocycles. The number of carbonyl (C=O) groups excluding carboxylic acids is 2. The molecule has 0 N–H and O–H groups in total. The Kier molecular flexibility index (Phi) is 7.34. The number of hydroxylamine groups is 1. The average molecular weight is 524 g/mol. The summed E-state index contributed by atoms with van der Waals surface area (Å²) in [6.45, 7) is 3.65. The zero-order chi connectivity index (χ0) is 24.1. The molecule has 2 atom stereocenters. The monoisotopic (exact) mass is 523 g/mol. The van der Waals surface area contributed by atoms with Crippen molar-refractivity contribution in [2.75, 3.05) is 18.3 Å². The fourth-order valence-corrected chi connectivity index (χ4v) is 4.65. The number of esters is 2. The zero-order valence-electron chi connectivity index (χ0n) is 19.0. The Hall–Kier alpha value is -3.16. The van der Waals surface area contributed by atoms with Crippen LogP contribution in [0.4, 0.5) is 5.69 Å². The zero-order valence-corrected chi connectivity index (χ0v) is 20.6. The second kappa shape index (κ2) is 10.4. The Morgan fingerprint density at radius 1 is 0.824 bits per heavy atom. The number of hydrogen-bond donors (Lipinski definition) is 0. The summed E-state index contributed by atoms with van der Waals surface area (Å²) in [7, 11) is 0. The van der Waals surface area contributed by atoms with Crippen LogP contribution in [0.1, 0.15) is 37.1 Å². The first-order valence-corrected chi connectivity index (χ1v) is 12.0. The van der Waals surface area contributed by atoms with Crippen LogP contribution in [-0.4, -0.2) is 25.2 Å². The van der Waals surface area contributed by atoms with Crippen molar-refractivity contribution in [2.24, 2.45) is 5.41 Å². The molecule has 1 aliphatic rings. The molecule has 7 heteroatoms. The number of benzene rings is 3. The average Bonchev–Trinajstić information content (AvgIpc) is 3.23. The van der Waals surface area contributed by atoms with Crippen molar-refractivity contribution < 1.29 is 23.9 Å². The molecule has 0 spiro atoms. The number of anilines is 1.